The molecule has 0 aliphatic rings. The molecule has 10 heteroatoms. The van der Waals surface area contributed by atoms with Crippen LogP contribution in [0.4, 0.5) is 5.69 Å². The molecule has 0 aliphatic heterocycles. The first-order valence-electron chi connectivity index (χ1n) is 10.6. The summed E-state index contributed by atoms with van der Waals surface area (Å²) in [7, 11) is -2.26. The summed E-state index contributed by atoms with van der Waals surface area (Å²) in [6.07, 6.45) is 3.14. The Balaban J connectivity index is 1.58. The van der Waals surface area contributed by atoms with Crippen molar-refractivity contribution in [3.63, 3.8) is 0 Å². The average molecular weight is 511 g/mol. The van der Waals surface area contributed by atoms with Gasteiger partial charge in [-0.25, -0.2) is 4.83 Å². The Bertz CT molecular complexity index is 1500. The number of ether oxygens (including phenoxy) is 1. The van der Waals surface area contributed by atoms with E-state index in [2.05, 4.69) is 15.2 Å². The largest absolute Gasteiger partial charge is 0.497 e. The van der Waals surface area contributed by atoms with Crippen molar-refractivity contribution in [1.29, 1.82) is 0 Å². The molecule has 0 spiro atoms. The predicted octanol–water partition coefficient (Wildman–Crippen LogP) is 4.56. The van der Waals surface area contributed by atoms with Gasteiger partial charge in [-0.05, 0) is 61.5 Å². The summed E-state index contributed by atoms with van der Waals surface area (Å²) in [5.74, 6) is 0.388. The summed E-state index contributed by atoms with van der Waals surface area (Å²) in [5, 5.41) is 8.12. The van der Waals surface area contributed by atoms with E-state index in [1.54, 1.807) is 66.4 Å². The van der Waals surface area contributed by atoms with Gasteiger partial charge in [-0.2, -0.15) is 13.5 Å². The smallest absolute Gasteiger partial charge is 0.276 e. The lowest BCUT2D eigenvalue weighted by Crippen LogP contribution is -2.18. The van der Waals surface area contributed by atoms with E-state index in [-0.39, 0.29) is 17.3 Å². The predicted molar refractivity (Wildman–Crippen MR) is 138 cm³/mol. The normalized spacial score (nSPS) is 11.6. The number of carbonyl (C=O) groups excluding carboxylic acids is 1. The lowest BCUT2D eigenvalue weighted by Gasteiger charge is -2.08. The summed E-state index contributed by atoms with van der Waals surface area (Å²) in [6, 6.07) is 18.7. The molecule has 0 radical (unpaired) electrons. The third kappa shape index (κ3) is 5.82. The van der Waals surface area contributed by atoms with Crippen LogP contribution in [-0.4, -0.2) is 32.2 Å². The molecule has 0 unspecified atom stereocenters. The van der Waals surface area contributed by atoms with E-state index < -0.39 is 10.0 Å². The molecule has 0 bridgehead atoms. The van der Waals surface area contributed by atoms with E-state index in [4.69, 9.17) is 16.3 Å². The second-order valence-electron chi connectivity index (χ2n) is 7.82. The van der Waals surface area contributed by atoms with Crippen molar-refractivity contribution in [1.82, 2.24) is 9.40 Å². The first-order chi connectivity index (χ1) is 16.7. The van der Waals surface area contributed by atoms with Crippen molar-refractivity contribution in [2.24, 2.45) is 5.10 Å². The molecule has 0 saturated carbocycles. The zero-order valence-corrected chi connectivity index (χ0v) is 20.6. The van der Waals surface area contributed by atoms with Crippen LogP contribution in [0.15, 0.2) is 82.9 Å². The minimum Gasteiger partial charge on any atom is -0.497 e. The average Bonchev–Trinajstić information content (AvgIpc) is 3.17. The first-order valence-corrected chi connectivity index (χ1v) is 12.4. The summed E-state index contributed by atoms with van der Waals surface area (Å²) in [4.78, 5) is 15.0. The zero-order chi connectivity index (χ0) is 25.0. The van der Waals surface area contributed by atoms with Crippen LogP contribution >= 0.6 is 11.6 Å². The van der Waals surface area contributed by atoms with E-state index in [9.17, 15) is 13.2 Å². The summed E-state index contributed by atoms with van der Waals surface area (Å²) >= 11 is 5.90. The molecule has 1 amide bonds. The number of nitrogens with one attached hydrogen (secondary N) is 2. The lowest BCUT2D eigenvalue weighted by atomic mass is 10.2. The highest BCUT2D eigenvalue weighted by molar-refractivity contribution is 7.89. The van der Waals surface area contributed by atoms with Gasteiger partial charge in [0.2, 0.25) is 5.91 Å². The van der Waals surface area contributed by atoms with Crippen LogP contribution in [0.3, 0.4) is 0 Å². The van der Waals surface area contributed by atoms with Gasteiger partial charge in [-0.3, -0.25) is 4.79 Å². The second-order valence-corrected chi connectivity index (χ2v) is 9.91. The van der Waals surface area contributed by atoms with E-state index in [0.29, 0.717) is 22.0 Å². The van der Waals surface area contributed by atoms with Crippen LogP contribution in [0.25, 0.3) is 10.9 Å². The van der Waals surface area contributed by atoms with Crippen molar-refractivity contribution < 1.29 is 17.9 Å². The Morgan fingerprint density at radius 3 is 2.49 bits per heavy atom. The fraction of sp³-hybridized carbons (Fsp3) is 0.120. The minimum atomic E-state index is -3.82. The van der Waals surface area contributed by atoms with Crippen LogP contribution in [0.1, 0.15) is 11.1 Å². The quantitative estimate of drug-likeness (QED) is 0.268. The molecule has 0 fully saturated rings. The standard InChI is InChI=1S/C25H23ClN4O4S/c1-17-3-10-22(11-4-17)35(32,33)29-27-14-18-15-30(24-12-9-21(34-2)13-23(18)24)16-25(31)28-20-7-5-19(26)6-8-20/h3-15,29H,16H2,1-2H3,(H,28,31)/b27-14+. The van der Waals surface area contributed by atoms with Crippen molar-refractivity contribution >= 4 is 50.3 Å². The number of aryl methyl sites for hydroxylation is 1. The number of methoxy groups -OCH3 is 1. The molecule has 4 aromatic rings. The number of sulfonamides is 1. The first kappa shape index (κ1) is 24.3. The Morgan fingerprint density at radius 1 is 1.09 bits per heavy atom. The summed E-state index contributed by atoms with van der Waals surface area (Å²) in [6.45, 7) is 1.91. The highest BCUT2D eigenvalue weighted by Crippen LogP contribution is 2.25. The maximum atomic E-state index is 12.7. The minimum absolute atomic E-state index is 0.0361. The number of rotatable bonds is 8. The van der Waals surface area contributed by atoms with E-state index in [1.165, 1.54) is 18.3 Å². The van der Waals surface area contributed by atoms with Gasteiger partial charge in [0, 0.05) is 33.4 Å². The van der Waals surface area contributed by atoms with Gasteiger partial charge >= 0.3 is 0 Å². The number of anilines is 1. The van der Waals surface area contributed by atoms with Crippen molar-refractivity contribution in [2.45, 2.75) is 18.4 Å². The molecule has 8 nitrogen and oxygen atoms in total. The second kappa shape index (κ2) is 10.2. The fourth-order valence-electron chi connectivity index (χ4n) is 3.49. The van der Waals surface area contributed by atoms with Gasteiger partial charge < -0.3 is 14.6 Å². The number of halogens is 1. The molecular weight excluding hydrogens is 488 g/mol. The monoisotopic (exact) mass is 510 g/mol. The molecular formula is C25H23ClN4O4S. The van der Waals surface area contributed by atoms with Crippen LogP contribution in [0.2, 0.25) is 5.02 Å². The fourth-order valence-corrected chi connectivity index (χ4v) is 4.41. The van der Waals surface area contributed by atoms with E-state index in [1.807, 2.05) is 13.0 Å². The molecule has 0 saturated heterocycles. The third-order valence-electron chi connectivity index (χ3n) is 5.27. The Kier molecular flexibility index (Phi) is 7.09. The van der Waals surface area contributed by atoms with Gasteiger partial charge in [0.25, 0.3) is 10.0 Å². The maximum absolute atomic E-state index is 12.7. The number of hydrazone groups is 1. The number of amides is 1. The van der Waals surface area contributed by atoms with Gasteiger partial charge in [-0.15, -0.1) is 0 Å². The van der Waals surface area contributed by atoms with Crippen LogP contribution in [-0.2, 0) is 21.4 Å². The number of nitrogens with zero attached hydrogens (tertiary/aromatic N) is 2. The van der Waals surface area contributed by atoms with E-state index >= 15 is 0 Å². The molecule has 2 N–H and O–H groups in total. The molecule has 0 aliphatic carbocycles. The summed E-state index contributed by atoms with van der Waals surface area (Å²) < 4.78 is 32.2. The SMILES string of the molecule is COc1ccc2c(c1)c(/C=N/NS(=O)(=O)c1ccc(C)cc1)cn2CC(=O)Nc1ccc(Cl)cc1. The zero-order valence-electron chi connectivity index (χ0n) is 19.0. The number of hydrogen-bond acceptors (Lipinski definition) is 5. The Morgan fingerprint density at radius 2 is 1.80 bits per heavy atom. The molecule has 180 valence electrons. The molecule has 1 heterocycles. The molecule has 4 rings (SSSR count). The molecule has 1 aromatic heterocycles. The Hall–Kier alpha value is -3.82. The maximum Gasteiger partial charge on any atom is 0.276 e. The molecule has 0 atom stereocenters. The van der Waals surface area contributed by atoms with Crippen LogP contribution in [0, 0.1) is 6.92 Å². The van der Waals surface area contributed by atoms with Crippen LogP contribution < -0.4 is 14.9 Å². The molecule has 3 aromatic carbocycles. The third-order valence-corrected chi connectivity index (χ3v) is 6.76. The van der Waals surface area contributed by atoms with Crippen molar-refractivity contribution in [2.75, 3.05) is 12.4 Å². The lowest BCUT2D eigenvalue weighted by molar-refractivity contribution is -0.116. The van der Waals surface area contributed by atoms with E-state index in [0.717, 1.165) is 16.5 Å². The van der Waals surface area contributed by atoms with Gasteiger partial charge in [-0.1, -0.05) is 29.3 Å². The number of carbonyl (C=O) groups is 1. The number of fused-ring (bicyclic) bond motifs is 1. The number of benzene rings is 3. The highest BCUT2D eigenvalue weighted by atomic mass is 35.5. The topological polar surface area (TPSA) is 102 Å². The highest BCUT2D eigenvalue weighted by Gasteiger charge is 2.14. The van der Waals surface area contributed by atoms with Gasteiger partial charge in [0.1, 0.15) is 12.3 Å². The van der Waals surface area contributed by atoms with Crippen molar-refractivity contribution in [3.05, 3.63) is 89.1 Å². The molecule has 35 heavy (non-hydrogen) atoms. The van der Waals surface area contributed by atoms with Gasteiger partial charge in [0.15, 0.2) is 0 Å². The summed E-state index contributed by atoms with van der Waals surface area (Å²) in [5.41, 5.74) is 2.96. The van der Waals surface area contributed by atoms with Crippen LogP contribution in [0.5, 0.6) is 5.75 Å². The number of aromatic nitrogens is 1. The van der Waals surface area contributed by atoms with Crippen molar-refractivity contribution in [3.8, 4) is 5.75 Å². The van der Waals surface area contributed by atoms with Gasteiger partial charge in [0.05, 0.1) is 18.2 Å². The number of hydrogen-bond donors (Lipinski definition) is 2. The Labute approximate surface area is 208 Å².